The molecular weight excluding hydrogens is 224 g/mol. The third-order valence-corrected chi connectivity index (χ3v) is 0. The molecule has 0 aliphatic heterocycles. The molecule has 0 rings (SSSR count). The van der Waals surface area contributed by atoms with Crippen molar-refractivity contribution >= 4 is 18.9 Å². The van der Waals surface area contributed by atoms with Gasteiger partial charge in [-0.05, 0) is 0 Å². The zero-order chi connectivity index (χ0) is 0. The van der Waals surface area contributed by atoms with Gasteiger partial charge >= 0.3 is 0 Å². The van der Waals surface area contributed by atoms with E-state index in [-0.39, 0.29) is 91.2 Å². The maximum absolute atomic E-state index is 0. The first kappa shape index (κ1) is 45.4. The molecule has 0 saturated carbocycles. The van der Waals surface area contributed by atoms with Gasteiger partial charge in [0.1, 0.15) is 0 Å². The first-order chi connectivity index (χ1) is 0. The summed E-state index contributed by atoms with van der Waals surface area (Å²) in [7, 11) is 0. The van der Waals surface area contributed by atoms with Gasteiger partial charge in [-0.15, -0.1) is 0 Å². The van der Waals surface area contributed by atoms with Crippen LogP contribution in [0.2, 0.25) is 0 Å². The van der Waals surface area contributed by atoms with Gasteiger partial charge in [0.15, 0.2) is 0 Å². The summed E-state index contributed by atoms with van der Waals surface area (Å²) >= 11 is 0. The first-order valence-corrected chi connectivity index (χ1v) is 0. The van der Waals surface area contributed by atoms with Crippen LogP contribution in [0.15, 0.2) is 0 Å². The smallest absolute Gasteiger partial charge is 0 e. The largest absolute Gasteiger partial charge is 0 e. The van der Waals surface area contributed by atoms with Gasteiger partial charge in [-0.2, -0.15) is 0 Å². The van der Waals surface area contributed by atoms with E-state index < -0.39 is 0 Å². The average molecular weight is 224 g/mol. The molecule has 0 unspecified atom stereocenters. The summed E-state index contributed by atoms with van der Waals surface area (Å²) in [5.74, 6) is 0. The van der Waals surface area contributed by atoms with Crippen molar-refractivity contribution in [3.05, 3.63) is 0 Å². The zero-order valence-electron chi connectivity index (χ0n) is 2.55. The van der Waals surface area contributed by atoms with E-state index in [1.54, 1.807) is 0 Å². The van der Waals surface area contributed by atoms with Crippen molar-refractivity contribution in [3.63, 3.8) is 0 Å². The average Bonchev–Trinajstić information content (AvgIpc) is 0. The summed E-state index contributed by atoms with van der Waals surface area (Å²) in [5, 5.41) is 0. The molecular formula is FeLiMnNiTi. The Balaban J connectivity index is 0. The normalized spacial score (nSPS) is 0. The number of rotatable bonds is 0. The molecule has 0 bridgehead atoms. The molecule has 0 fully saturated rings. The van der Waals surface area contributed by atoms with Gasteiger partial charge < -0.3 is 0 Å². The molecule has 30 valence electrons. The second-order valence-corrected chi connectivity index (χ2v) is 0. The minimum atomic E-state index is 0. The molecule has 5 heavy (non-hydrogen) atoms. The number of hydrogen-bond acceptors (Lipinski definition) is 0. The van der Waals surface area contributed by atoms with Crippen molar-refractivity contribution in [2.24, 2.45) is 0 Å². The van der Waals surface area contributed by atoms with E-state index in [1.807, 2.05) is 0 Å². The van der Waals surface area contributed by atoms with Crippen LogP contribution >= 0.6 is 0 Å². The van der Waals surface area contributed by atoms with E-state index in [0.29, 0.717) is 0 Å². The van der Waals surface area contributed by atoms with Crippen LogP contribution in [0.3, 0.4) is 0 Å². The standard InChI is InChI=1S/Fe.Li.Mn.Ni.Ti. The van der Waals surface area contributed by atoms with E-state index in [0.717, 1.165) is 0 Å². The van der Waals surface area contributed by atoms with E-state index in [4.69, 9.17) is 0 Å². The zero-order valence-corrected chi connectivity index (χ0v) is 7.38. The Hall–Kier alpha value is 2.84. The third-order valence-electron chi connectivity index (χ3n) is 0. The van der Waals surface area contributed by atoms with Gasteiger partial charge in [0.2, 0.25) is 0 Å². The fraction of sp³-hybridized carbons (Fsp3) is 0. The molecule has 0 saturated heterocycles. The summed E-state index contributed by atoms with van der Waals surface area (Å²) in [4.78, 5) is 0. The van der Waals surface area contributed by atoms with E-state index >= 15 is 0 Å². The van der Waals surface area contributed by atoms with Crippen LogP contribution in [-0.4, -0.2) is 18.9 Å². The second-order valence-electron chi connectivity index (χ2n) is 0. The molecule has 0 nitrogen and oxygen atoms in total. The Morgan fingerprint density at radius 2 is 1.00 bits per heavy atom. The Morgan fingerprint density at radius 3 is 1.00 bits per heavy atom. The van der Waals surface area contributed by atoms with Crippen LogP contribution in [0.4, 0.5) is 0 Å². The number of hydrogen-bond donors (Lipinski definition) is 0. The Kier molecular flexibility index (Phi) is 263. The van der Waals surface area contributed by atoms with E-state index in [1.165, 1.54) is 0 Å². The molecule has 0 aromatic carbocycles. The molecule has 0 aromatic rings. The molecule has 0 aliphatic carbocycles. The molecule has 0 aliphatic rings. The van der Waals surface area contributed by atoms with Crippen LogP contribution in [0.25, 0.3) is 0 Å². The van der Waals surface area contributed by atoms with Gasteiger partial charge in [-0.3, -0.25) is 0 Å². The van der Waals surface area contributed by atoms with Crippen molar-refractivity contribution in [3.8, 4) is 0 Å². The molecule has 0 amide bonds. The molecule has 5 heteroatoms. The van der Waals surface area contributed by atoms with Gasteiger partial charge in [0, 0.05) is 91.2 Å². The van der Waals surface area contributed by atoms with Crippen LogP contribution in [0.5, 0.6) is 0 Å². The van der Waals surface area contributed by atoms with Crippen LogP contribution in [-0.2, 0) is 72.3 Å². The van der Waals surface area contributed by atoms with Gasteiger partial charge in [0.25, 0.3) is 0 Å². The Bertz CT molecular complexity index is 11.6. The van der Waals surface area contributed by atoms with Crippen LogP contribution in [0, 0.1) is 0 Å². The molecule has 0 aromatic heterocycles. The summed E-state index contributed by atoms with van der Waals surface area (Å²) < 4.78 is 0. The quantitative estimate of drug-likeness (QED) is 0.492. The molecule has 0 atom stereocenters. The molecule has 2 radical (unpaired) electrons. The summed E-state index contributed by atoms with van der Waals surface area (Å²) in [6, 6.07) is 0. The van der Waals surface area contributed by atoms with Crippen LogP contribution in [0.1, 0.15) is 0 Å². The second kappa shape index (κ2) is 28.9. The minimum Gasteiger partial charge on any atom is 0 e. The Labute approximate surface area is 89.9 Å². The van der Waals surface area contributed by atoms with Crippen molar-refractivity contribution in [2.45, 2.75) is 0 Å². The fourth-order valence-electron chi connectivity index (χ4n) is 0. The first-order valence-electron chi connectivity index (χ1n) is 0. The van der Waals surface area contributed by atoms with Gasteiger partial charge in [-0.25, -0.2) is 0 Å². The SMILES string of the molecule is [Fe].[Li].[Mn].[Ni].[Ti]. The predicted molar refractivity (Wildman–Crippen MR) is 5.75 cm³/mol. The van der Waals surface area contributed by atoms with Gasteiger partial charge in [-0.1, -0.05) is 0 Å². The van der Waals surface area contributed by atoms with Crippen molar-refractivity contribution in [1.82, 2.24) is 0 Å². The van der Waals surface area contributed by atoms with Crippen molar-refractivity contribution in [1.29, 1.82) is 0 Å². The topological polar surface area (TPSA) is 0 Å². The molecule has 0 N–H and O–H groups in total. The third kappa shape index (κ3) is 19.9. The monoisotopic (exact) mass is 224 g/mol. The molecule has 0 spiro atoms. The van der Waals surface area contributed by atoms with Crippen molar-refractivity contribution in [2.75, 3.05) is 0 Å². The molecule has 0 heterocycles. The summed E-state index contributed by atoms with van der Waals surface area (Å²) in [6.07, 6.45) is 0. The predicted octanol–water partition coefficient (Wildman–Crippen LogP) is -0.391. The maximum atomic E-state index is 0. The fourth-order valence-corrected chi connectivity index (χ4v) is 0. The van der Waals surface area contributed by atoms with E-state index in [9.17, 15) is 0 Å². The summed E-state index contributed by atoms with van der Waals surface area (Å²) in [5.41, 5.74) is 0. The van der Waals surface area contributed by atoms with Gasteiger partial charge in [0.05, 0.1) is 0 Å². The summed E-state index contributed by atoms with van der Waals surface area (Å²) in [6.45, 7) is 0. The minimum absolute atomic E-state index is 0. The Morgan fingerprint density at radius 1 is 1.00 bits per heavy atom. The maximum Gasteiger partial charge on any atom is 0 e. The van der Waals surface area contributed by atoms with Crippen molar-refractivity contribution < 1.29 is 72.3 Å². The van der Waals surface area contributed by atoms with Crippen LogP contribution < -0.4 is 0 Å². The van der Waals surface area contributed by atoms with E-state index in [2.05, 4.69) is 0 Å².